The summed E-state index contributed by atoms with van der Waals surface area (Å²) in [7, 11) is 3.71. The van der Waals surface area contributed by atoms with Gasteiger partial charge >= 0.3 is 12.4 Å². The number of methoxy groups -OCH3 is 4. The molecule has 4 nitrogen and oxygen atoms in total. The molecule has 0 aliphatic heterocycles. The van der Waals surface area contributed by atoms with Gasteiger partial charge in [-0.1, -0.05) is 60.7 Å². The van der Waals surface area contributed by atoms with E-state index >= 15 is 0 Å². The minimum Gasteiger partial charge on any atom is -0.496 e. The van der Waals surface area contributed by atoms with Crippen LogP contribution in [0.5, 0.6) is 23.0 Å². The van der Waals surface area contributed by atoms with Crippen molar-refractivity contribution in [2.24, 2.45) is 0 Å². The predicted octanol–water partition coefficient (Wildman–Crippen LogP) is 8.85. The molecule has 0 aromatic heterocycles. The Hall–Kier alpha value is -4.69. The van der Waals surface area contributed by atoms with Gasteiger partial charge in [0.05, 0.1) is 50.7 Å². The summed E-state index contributed by atoms with van der Waals surface area (Å²) in [5, 5.41) is 0.780. The summed E-state index contributed by atoms with van der Waals surface area (Å²) in [5.41, 5.74) is -0.926. The van der Waals surface area contributed by atoms with Crippen LogP contribution < -0.4 is 34.9 Å². The van der Waals surface area contributed by atoms with Crippen molar-refractivity contribution in [2.75, 3.05) is 28.4 Å². The smallest absolute Gasteiger partial charge is 0.416 e. The van der Waals surface area contributed by atoms with Crippen molar-refractivity contribution in [2.45, 2.75) is 12.4 Å². The van der Waals surface area contributed by atoms with Crippen LogP contribution in [0.4, 0.5) is 26.3 Å². The molecule has 5 aromatic rings. The van der Waals surface area contributed by atoms with Crippen LogP contribution in [-0.4, -0.2) is 28.4 Å². The standard InChI is InChI=1S/C36H29F6O4P/c1-43-28-15-9-16-29(44-2)32(28)26-13-8-14-27(33-30(45-3)17-10-18-31(33)46-4)34(26)47(24-11-6-5-7-12-24)25-20-22(35(37,38)39)19-23(21-25)36(40,41)42/h5-21H,1-4H3. The van der Waals surface area contributed by atoms with E-state index < -0.39 is 31.4 Å². The van der Waals surface area contributed by atoms with Gasteiger partial charge < -0.3 is 18.9 Å². The van der Waals surface area contributed by atoms with E-state index in [1.807, 2.05) is 0 Å². The van der Waals surface area contributed by atoms with Crippen molar-refractivity contribution < 1.29 is 45.3 Å². The lowest BCUT2D eigenvalue weighted by atomic mass is 9.96. The SMILES string of the molecule is COc1cccc(OC)c1-c1cccc(-c2c(OC)cccc2OC)c1P(c1ccccc1)c1cc(C(F)(F)F)cc(C(F)(F)F)c1. The first kappa shape index (κ1) is 33.7. The summed E-state index contributed by atoms with van der Waals surface area (Å²) in [6.45, 7) is 0. The fourth-order valence-electron chi connectivity index (χ4n) is 5.47. The van der Waals surface area contributed by atoms with E-state index in [9.17, 15) is 26.3 Å². The van der Waals surface area contributed by atoms with E-state index in [0.29, 0.717) is 55.9 Å². The van der Waals surface area contributed by atoms with Gasteiger partial charge in [0.25, 0.3) is 0 Å². The van der Waals surface area contributed by atoms with Gasteiger partial charge in [0, 0.05) is 5.30 Å². The zero-order valence-corrected chi connectivity index (χ0v) is 26.6. The predicted molar refractivity (Wildman–Crippen MR) is 172 cm³/mol. The molecule has 0 aliphatic rings. The molecular formula is C36H29F6O4P. The molecule has 11 heteroatoms. The third kappa shape index (κ3) is 6.74. The second-order valence-electron chi connectivity index (χ2n) is 10.2. The average Bonchev–Trinajstić information content (AvgIpc) is 3.07. The summed E-state index contributed by atoms with van der Waals surface area (Å²) in [5.74, 6) is 1.55. The third-order valence-electron chi connectivity index (χ3n) is 7.50. The van der Waals surface area contributed by atoms with Crippen LogP contribution in [0.25, 0.3) is 22.3 Å². The Morgan fingerprint density at radius 3 is 1.19 bits per heavy atom. The lowest BCUT2D eigenvalue weighted by molar-refractivity contribution is -0.142. The molecule has 0 fully saturated rings. The number of halogens is 6. The Balaban J connectivity index is 2.03. The van der Waals surface area contributed by atoms with Crippen LogP contribution in [-0.2, 0) is 12.4 Å². The highest BCUT2D eigenvalue weighted by Crippen LogP contribution is 2.49. The summed E-state index contributed by atoms with van der Waals surface area (Å²) in [6.07, 6.45) is -10.1. The van der Waals surface area contributed by atoms with Crippen molar-refractivity contribution in [3.05, 3.63) is 114 Å². The first-order chi connectivity index (χ1) is 22.4. The molecule has 0 saturated heterocycles. The molecule has 0 saturated carbocycles. The number of rotatable bonds is 9. The number of hydrogen-bond acceptors (Lipinski definition) is 4. The Morgan fingerprint density at radius 2 is 0.830 bits per heavy atom. The first-order valence-electron chi connectivity index (χ1n) is 14.1. The van der Waals surface area contributed by atoms with E-state index in [2.05, 4.69) is 0 Å². The maximum absolute atomic E-state index is 14.3. The average molecular weight is 671 g/mol. The van der Waals surface area contributed by atoms with E-state index in [0.717, 1.165) is 12.1 Å². The topological polar surface area (TPSA) is 36.9 Å². The first-order valence-corrected chi connectivity index (χ1v) is 15.5. The zero-order chi connectivity index (χ0) is 33.9. The number of ether oxygens (including phenoxy) is 4. The van der Waals surface area contributed by atoms with Gasteiger partial charge in [-0.3, -0.25) is 0 Å². The highest BCUT2D eigenvalue weighted by atomic mass is 31.1. The minimum atomic E-state index is -5.05. The van der Waals surface area contributed by atoms with Gasteiger partial charge in [-0.2, -0.15) is 26.3 Å². The molecule has 0 aliphatic carbocycles. The Kier molecular flexibility index (Phi) is 9.73. The fourth-order valence-corrected chi connectivity index (χ4v) is 8.15. The van der Waals surface area contributed by atoms with Crippen molar-refractivity contribution >= 4 is 23.8 Å². The highest BCUT2D eigenvalue weighted by molar-refractivity contribution is 7.80. The molecule has 1 atom stereocenters. The minimum absolute atomic E-state index is 0.140. The molecule has 0 amide bonds. The molecule has 0 radical (unpaired) electrons. The van der Waals surface area contributed by atoms with Crippen molar-refractivity contribution in [3.8, 4) is 45.3 Å². The lowest BCUT2D eigenvalue weighted by Crippen LogP contribution is -2.26. The van der Waals surface area contributed by atoms with Gasteiger partial charge in [0.2, 0.25) is 0 Å². The molecule has 244 valence electrons. The van der Waals surface area contributed by atoms with Gasteiger partial charge in [-0.15, -0.1) is 0 Å². The van der Waals surface area contributed by atoms with Crippen LogP contribution in [0.2, 0.25) is 0 Å². The molecular weight excluding hydrogens is 641 g/mol. The van der Waals surface area contributed by atoms with Crippen LogP contribution in [0.3, 0.4) is 0 Å². The van der Waals surface area contributed by atoms with Crippen molar-refractivity contribution in [1.29, 1.82) is 0 Å². The monoisotopic (exact) mass is 670 g/mol. The summed E-state index contributed by atoms with van der Waals surface area (Å²) < 4.78 is 108. The Labute approximate surface area is 269 Å². The maximum Gasteiger partial charge on any atom is 0.416 e. The normalized spacial score (nSPS) is 12.4. The number of benzene rings is 5. The van der Waals surface area contributed by atoms with Crippen LogP contribution in [0.1, 0.15) is 11.1 Å². The molecule has 1 unspecified atom stereocenters. The molecule has 5 aromatic carbocycles. The van der Waals surface area contributed by atoms with E-state index in [1.54, 1.807) is 84.9 Å². The van der Waals surface area contributed by atoms with Crippen molar-refractivity contribution in [1.82, 2.24) is 0 Å². The zero-order valence-electron chi connectivity index (χ0n) is 25.7. The van der Waals surface area contributed by atoms with E-state index in [1.165, 1.54) is 28.4 Å². The molecule has 0 heterocycles. The summed E-state index contributed by atoms with van der Waals surface area (Å²) in [4.78, 5) is 0. The van der Waals surface area contributed by atoms with Crippen LogP contribution >= 0.6 is 7.92 Å². The number of alkyl halides is 6. The van der Waals surface area contributed by atoms with Gasteiger partial charge in [0.1, 0.15) is 23.0 Å². The fraction of sp³-hybridized carbons (Fsp3) is 0.167. The second-order valence-corrected chi connectivity index (χ2v) is 12.4. The van der Waals surface area contributed by atoms with E-state index in [4.69, 9.17) is 18.9 Å². The Morgan fingerprint density at radius 1 is 0.447 bits per heavy atom. The van der Waals surface area contributed by atoms with Gasteiger partial charge in [0.15, 0.2) is 0 Å². The van der Waals surface area contributed by atoms with Crippen molar-refractivity contribution in [3.63, 3.8) is 0 Å². The second kappa shape index (κ2) is 13.6. The molecule has 0 spiro atoms. The van der Waals surface area contributed by atoms with Gasteiger partial charge in [-0.05, 0) is 72.1 Å². The number of hydrogen-bond donors (Lipinski definition) is 0. The van der Waals surface area contributed by atoms with Crippen LogP contribution in [0, 0.1) is 0 Å². The van der Waals surface area contributed by atoms with E-state index in [-0.39, 0.29) is 11.4 Å². The highest BCUT2D eigenvalue weighted by Gasteiger charge is 2.39. The molecule has 0 bridgehead atoms. The quantitative estimate of drug-likeness (QED) is 0.116. The molecule has 5 rings (SSSR count). The molecule has 47 heavy (non-hydrogen) atoms. The third-order valence-corrected chi connectivity index (χ3v) is 10.0. The summed E-state index contributed by atoms with van der Waals surface area (Å²) in [6, 6.07) is 25.7. The molecule has 0 N–H and O–H groups in total. The van der Waals surface area contributed by atoms with Crippen LogP contribution in [0.15, 0.2) is 103 Å². The lowest BCUT2D eigenvalue weighted by Gasteiger charge is -2.28. The van der Waals surface area contributed by atoms with Gasteiger partial charge in [-0.25, -0.2) is 0 Å². The largest absolute Gasteiger partial charge is 0.496 e. The maximum atomic E-state index is 14.3. The Bertz CT molecular complexity index is 1720. The summed E-state index contributed by atoms with van der Waals surface area (Å²) >= 11 is 0.